The van der Waals surface area contributed by atoms with E-state index in [1.54, 1.807) is 10.9 Å². The molecule has 0 unspecified atom stereocenters. The molecule has 2 aromatic rings. The fourth-order valence-electron chi connectivity index (χ4n) is 1.45. The monoisotopic (exact) mass is 235 g/mol. The van der Waals surface area contributed by atoms with Crippen molar-refractivity contribution >= 4 is 5.82 Å². The predicted octanol–water partition coefficient (Wildman–Crippen LogP) is 0.124. The van der Waals surface area contributed by atoms with Crippen molar-refractivity contribution in [1.29, 1.82) is 0 Å². The highest BCUT2D eigenvalue weighted by Crippen LogP contribution is 2.15. The third kappa shape index (κ3) is 2.27. The van der Waals surface area contributed by atoms with Crippen LogP contribution in [0.1, 0.15) is 5.69 Å². The lowest BCUT2D eigenvalue weighted by Crippen LogP contribution is -2.14. The van der Waals surface area contributed by atoms with Crippen LogP contribution in [-0.2, 0) is 13.6 Å². The van der Waals surface area contributed by atoms with Gasteiger partial charge in [0.1, 0.15) is 0 Å². The molecule has 0 aromatic carbocycles. The van der Waals surface area contributed by atoms with E-state index >= 15 is 0 Å². The third-order valence-electron chi connectivity index (χ3n) is 2.37. The molecule has 7 nitrogen and oxygen atoms in total. The molecule has 0 radical (unpaired) electrons. The molecule has 2 heterocycles. The van der Waals surface area contributed by atoms with Crippen molar-refractivity contribution in [2.24, 2.45) is 7.05 Å². The number of H-pyrrole nitrogens is 1. The Morgan fingerprint density at radius 1 is 1.59 bits per heavy atom. The summed E-state index contributed by atoms with van der Waals surface area (Å²) in [5, 5.41) is 7.08. The van der Waals surface area contributed by atoms with E-state index in [0.717, 1.165) is 5.69 Å². The molecule has 2 N–H and O–H groups in total. The molecule has 0 bridgehead atoms. The van der Waals surface area contributed by atoms with Gasteiger partial charge in [-0.2, -0.15) is 5.10 Å². The number of aromatic nitrogens is 4. The fourth-order valence-corrected chi connectivity index (χ4v) is 1.45. The zero-order valence-corrected chi connectivity index (χ0v) is 9.60. The Hall–Kier alpha value is -2.31. The molecule has 0 atom stereocenters. The molecule has 90 valence electrons. The van der Waals surface area contributed by atoms with Gasteiger partial charge in [-0.1, -0.05) is 0 Å². The first-order valence-corrected chi connectivity index (χ1v) is 5.05. The van der Waals surface area contributed by atoms with Gasteiger partial charge in [0.2, 0.25) is 5.75 Å². The molecule has 17 heavy (non-hydrogen) atoms. The van der Waals surface area contributed by atoms with Gasteiger partial charge in [0.15, 0.2) is 5.82 Å². The molecule has 0 fully saturated rings. The first kappa shape index (κ1) is 11.2. The zero-order valence-electron chi connectivity index (χ0n) is 9.60. The Bertz CT molecular complexity index is 560. The van der Waals surface area contributed by atoms with E-state index < -0.39 is 0 Å². The molecular weight excluding hydrogens is 222 g/mol. The van der Waals surface area contributed by atoms with Crippen LogP contribution >= 0.6 is 0 Å². The van der Waals surface area contributed by atoms with E-state index in [1.807, 2.05) is 13.1 Å². The highest BCUT2D eigenvalue weighted by atomic mass is 16.5. The highest BCUT2D eigenvalue weighted by Gasteiger charge is 2.08. The quantitative estimate of drug-likeness (QED) is 0.786. The van der Waals surface area contributed by atoms with E-state index in [0.29, 0.717) is 12.4 Å². The van der Waals surface area contributed by atoms with E-state index in [1.165, 1.54) is 13.4 Å². The molecule has 0 spiro atoms. The molecule has 0 aliphatic heterocycles. The number of hydrogen-bond donors (Lipinski definition) is 2. The Kier molecular flexibility index (Phi) is 3.08. The van der Waals surface area contributed by atoms with Gasteiger partial charge in [-0.25, -0.2) is 4.98 Å². The number of nitrogens with one attached hydrogen (secondary N) is 2. The maximum atomic E-state index is 11.4. The Morgan fingerprint density at radius 3 is 3.06 bits per heavy atom. The van der Waals surface area contributed by atoms with E-state index in [9.17, 15) is 4.79 Å². The minimum absolute atomic E-state index is 0.176. The van der Waals surface area contributed by atoms with Crippen molar-refractivity contribution in [2.45, 2.75) is 6.54 Å². The average molecular weight is 235 g/mol. The van der Waals surface area contributed by atoms with Gasteiger partial charge in [0, 0.05) is 13.2 Å². The molecule has 2 rings (SSSR count). The topological polar surface area (TPSA) is 84.8 Å². The molecular formula is C10H13N5O2. The van der Waals surface area contributed by atoms with Crippen LogP contribution in [0.2, 0.25) is 0 Å². The highest BCUT2D eigenvalue weighted by molar-refractivity contribution is 5.47. The third-order valence-corrected chi connectivity index (χ3v) is 2.37. The van der Waals surface area contributed by atoms with Gasteiger partial charge in [0.25, 0.3) is 5.56 Å². The van der Waals surface area contributed by atoms with E-state index in [2.05, 4.69) is 20.4 Å². The molecule has 2 aromatic heterocycles. The first-order valence-electron chi connectivity index (χ1n) is 5.05. The summed E-state index contributed by atoms with van der Waals surface area (Å²) in [7, 11) is 3.28. The van der Waals surface area contributed by atoms with Crippen molar-refractivity contribution in [3.63, 3.8) is 0 Å². The van der Waals surface area contributed by atoms with Crippen molar-refractivity contribution in [1.82, 2.24) is 19.7 Å². The number of methoxy groups -OCH3 is 1. The lowest BCUT2D eigenvalue weighted by Gasteiger charge is -2.08. The molecule has 0 saturated carbocycles. The van der Waals surface area contributed by atoms with Crippen LogP contribution in [0.3, 0.4) is 0 Å². The molecule has 0 aliphatic carbocycles. The lowest BCUT2D eigenvalue weighted by atomic mass is 10.4. The Morgan fingerprint density at radius 2 is 2.41 bits per heavy atom. The first-order chi connectivity index (χ1) is 8.22. The van der Waals surface area contributed by atoms with Crippen LogP contribution in [0.15, 0.2) is 23.4 Å². The number of hydrogen-bond acceptors (Lipinski definition) is 5. The molecule has 0 saturated heterocycles. The summed E-state index contributed by atoms with van der Waals surface area (Å²) in [6.45, 7) is 0.517. The lowest BCUT2D eigenvalue weighted by molar-refractivity contribution is 0.408. The number of anilines is 1. The number of ether oxygens (including phenoxy) is 1. The normalized spacial score (nSPS) is 10.2. The maximum absolute atomic E-state index is 11.4. The van der Waals surface area contributed by atoms with Crippen molar-refractivity contribution in [2.75, 3.05) is 12.4 Å². The minimum atomic E-state index is -0.310. The summed E-state index contributed by atoms with van der Waals surface area (Å²) in [6.07, 6.45) is 3.04. The number of nitrogens with zero attached hydrogens (tertiary/aromatic N) is 3. The van der Waals surface area contributed by atoms with Gasteiger partial charge in [-0.3, -0.25) is 9.48 Å². The minimum Gasteiger partial charge on any atom is -0.489 e. The predicted molar refractivity (Wildman–Crippen MR) is 61.9 cm³/mol. The fraction of sp³-hybridized carbons (Fsp3) is 0.300. The van der Waals surface area contributed by atoms with Gasteiger partial charge in [-0.05, 0) is 6.07 Å². The van der Waals surface area contributed by atoms with Crippen molar-refractivity contribution in [3.8, 4) is 5.75 Å². The standard InChI is InChI=1S/C10H13N5O2/c1-15-7(3-4-14-15)5-11-9-8(17-2)10(16)13-6-12-9/h3-4,6H,5H2,1-2H3,(H2,11,12,13,16). The molecule has 0 amide bonds. The van der Waals surface area contributed by atoms with Crippen LogP contribution in [0.4, 0.5) is 5.82 Å². The van der Waals surface area contributed by atoms with Crippen LogP contribution in [0.25, 0.3) is 0 Å². The summed E-state index contributed by atoms with van der Waals surface area (Å²) in [4.78, 5) is 17.9. The maximum Gasteiger partial charge on any atom is 0.295 e. The summed E-state index contributed by atoms with van der Waals surface area (Å²) in [5.74, 6) is 0.590. The Balaban J connectivity index is 2.17. The molecule has 7 heteroatoms. The van der Waals surface area contributed by atoms with Crippen molar-refractivity contribution < 1.29 is 4.74 Å². The van der Waals surface area contributed by atoms with Crippen molar-refractivity contribution in [3.05, 3.63) is 34.6 Å². The smallest absolute Gasteiger partial charge is 0.295 e. The Labute approximate surface area is 97.5 Å². The SMILES string of the molecule is COc1c(NCc2ccnn2C)nc[nH]c1=O. The summed E-state index contributed by atoms with van der Waals surface area (Å²) in [5.41, 5.74) is 0.671. The van der Waals surface area contributed by atoms with E-state index in [-0.39, 0.29) is 11.3 Å². The number of aryl methyl sites for hydroxylation is 1. The molecule has 0 aliphatic rings. The second kappa shape index (κ2) is 4.69. The second-order valence-corrected chi connectivity index (χ2v) is 3.41. The number of rotatable bonds is 4. The van der Waals surface area contributed by atoms with Gasteiger partial charge in [0.05, 0.1) is 25.7 Å². The number of aromatic amines is 1. The van der Waals surface area contributed by atoms with Crippen LogP contribution in [-0.4, -0.2) is 26.9 Å². The van der Waals surface area contributed by atoms with Gasteiger partial charge >= 0.3 is 0 Å². The van der Waals surface area contributed by atoms with E-state index in [4.69, 9.17) is 4.74 Å². The zero-order chi connectivity index (χ0) is 12.3. The van der Waals surface area contributed by atoms with Crippen LogP contribution < -0.4 is 15.6 Å². The summed E-state index contributed by atoms with van der Waals surface area (Å²) >= 11 is 0. The largest absolute Gasteiger partial charge is 0.489 e. The summed E-state index contributed by atoms with van der Waals surface area (Å²) in [6, 6.07) is 1.88. The summed E-state index contributed by atoms with van der Waals surface area (Å²) < 4.78 is 6.73. The van der Waals surface area contributed by atoms with Crippen LogP contribution in [0, 0.1) is 0 Å². The van der Waals surface area contributed by atoms with Gasteiger partial charge < -0.3 is 15.0 Å². The second-order valence-electron chi connectivity index (χ2n) is 3.41. The van der Waals surface area contributed by atoms with Crippen LogP contribution in [0.5, 0.6) is 5.75 Å². The average Bonchev–Trinajstić information content (AvgIpc) is 2.72. The van der Waals surface area contributed by atoms with Gasteiger partial charge in [-0.15, -0.1) is 0 Å².